The quantitative estimate of drug-likeness (QED) is 0.451. The smallest absolute Gasteiger partial charge is 0.0795 e. The van der Waals surface area contributed by atoms with E-state index in [2.05, 4.69) is 63.6 Å². The van der Waals surface area contributed by atoms with Crippen molar-refractivity contribution < 1.29 is 4.74 Å². The maximum absolute atomic E-state index is 6.30. The summed E-state index contributed by atoms with van der Waals surface area (Å²) in [5.41, 5.74) is 2.50. The minimum absolute atomic E-state index is 0.0469. The van der Waals surface area contributed by atoms with Crippen LogP contribution >= 0.6 is 15.9 Å². The van der Waals surface area contributed by atoms with Gasteiger partial charge in [0.2, 0.25) is 0 Å². The molecule has 22 heavy (non-hydrogen) atoms. The van der Waals surface area contributed by atoms with Crippen molar-refractivity contribution in [1.29, 1.82) is 0 Å². The van der Waals surface area contributed by atoms with Gasteiger partial charge in [0.05, 0.1) is 12.2 Å². The maximum Gasteiger partial charge on any atom is 0.0795 e. The first kappa shape index (κ1) is 17.3. The van der Waals surface area contributed by atoms with Crippen molar-refractivity contribution in [3.05, 3.63) is 48.0 Å². The van der Waals surface area contributed by atoms with Gasteiger partial charge >= 0.3 is 0 Å². The molecule has 1 aliphatic rings. The Morgan fingerprint density at radius 1 is 1.18 bits per heavy atom. The van der Waals surface area contributed by atoms with Crippen LogP contribution in [0.1, 0.15) is 50.5 Å². The molecule has 0 atom stereocenters. The number of halogens is 1. The van der Waals surface area contributed by atoms with Crippen LogP contribution in [-0.2, 0) is 11.2 Å². The first-order valence-electron chi connectivity index (χ1n) is 8.17. The van der Waals surface area contributed by atoms with Gasteiger partial charge in [0, 0.05) is 22.4 Å². The molecule has 0 N–H and O–H groups in total. The average molecular weight is 361 g/mol. The molecule has 1 aromatic carbocycles. The fourth-order valence-electron chi connectivity index (χ4n) is 3.06. The lowest BCUT2D eigenvalue weighted by Crippen LogP contribution is -2.35. The largest absolute Gasteiger partial charge is 0.370 e. The molecule has 0 unspecified atom stereocenters. The van der Waals surface area contributed by atoms with Crippen LogP contribution in [0.15, 0.2) is 42.5 Å². The van der Waals surface area contributed by atoms with Gasteiger partial charge in [0.15, 0.2) is 0 Å². The highest BCUT2D eigenvalue weighted by molar-refractivity contribution is 9.12. The monoisotopic (exact) mass is 360 g/mol. The van der Waals surface area contributed by atoms with Gasteiger partial charge in [0.1, 0.15) is 0 Å². The second-order valence-electron chi connectivity index (χ2n) is 6.22. The first-order valence-corrected chi connectivity index (χ1v) is 8.96. The number of hydrogen-bond donors (Lipinski definition) is 0. The van der Waals surface area contributed by atoms with Crippen LogP contribution in [-0.4, -0.2) is 12.2 Å². The molecule has 1 aliphatic carbocycles. The zero-order valence-corrected chi connectivity index (χ0v) is 14.8. The van der Waals surface area contributed by atoms with E-state index in [1.165, 1.54) is 30.4 Å². The zero-order chi connectivity index (χ0) is 15.7. The van der Waals surface area contributed by atoms with Crippen LogP contribution in [0.4, 0.5) is 0 Å². The molecule has 2 heteroatoms. The molecule has 2 rings (SSSR count). The van der Waals surface area contributed by atoms with E-state index in [-0.39, 0.29) is 5.60 Å². The fraction of sp³-hybridized carbons (Fsp3) is 0.500. The Morgan fingerprint density at radius 2 is 1.91 bits per heavy atom. The molecule has 1 fully saturated rings. The molecular weight excluding hydrogens is 336 g/mol. The fourth-order valence-corrected chi connectivity index (χ4v) is 3.20. The summed E-state index contributed by atoms with van der Waals surface area (Å²) in [6.45, 7) is 4.86. The number of benzene rings is 1. The number of rotatable bonds is 7. The molecule has 0 saturated heterocycles. The number of hydrogen-bond acceptors (Lipinski definition) is 1. The molecular formula is C20H25BrO. The van der Waals surface area contributed by atoms with Gasteiger partial charge < -0.3 is 4.74 Å². The third-order valence-electron chi connectivity index (χ3n) is 4.43. The third-order valence-corrected chi connectivity index (χ3v) is 4.72. The Bertz CT molecular complexity index is 518. The van der Waals surface area contributed by atoms with E-state index in [4.69, 9.17) is 4.74 Å². The van der Waals surface area contributed by atoms with Crippen molar-refractivity contribution >= 4 is 15.9 Å². The Labute approximate surface area is 143 Å². The molecule has 0 radical (unpaired) electrons. The van der Waals surface area contributed by atoms with E-state index in [1.807, 2.05) is 0 Å². The van der Waals surface area contributed by atoms with Gasteiger partial charge in [-0.05, 0) is 36.1 Å². The molecule has 0 amide bonds. The van der Waals surface area contributed by atoms with E-state index in [0.717, 1.165) is 32.1 Å². The summed E-state index contributed by atoms with van der Waals surface area (Å²) in [7, 11) is 0. The number of ether oxygens (including phenoxy) is 1. The van der Waals surface area contributed by atoms with E-state index < -0.39 is 0 Å². The van der Waals surface area contributed by atoms with Crippen molar-refractivity contribution in [3.63, 3.8) is 0 Å². The minimum Gasteiger partial charge on any atom is -0.370 e. The summed E-state index contributed by atoms with van der Waals surface area (Å²) >= 11 is 3.20. The molecule has 1 saturated carbocycles. The van der Waals surface area contributed by atoms with Gasteiger partial charge in [-0.3, -0.25) is 0 Å². The lowest BCUT2D eigenvalue weighted by atomic mass is 9.82. The van der Waals surface area contributed by atoms with Gasteiger partial charge in [-0.1, -0.05) is 67.7 Å². The highest BCUT2D eigenvalue weighted by Gasteiger charge is 2.32. The first-order chi connectivity index (χ1) is 10.7. The highest BCUT2D eigenvalue weighted by atomic mass is 79.9. The van der Waals surface area contributed by atoms with Crippen molar-refractivity contribution in [3.8, 4) is 10.8 Å². The third kappa shape index (κ3) is 5.63. The summed E-state index contributed by atoms with van der Waals surface area (Å²) < 4.78 is 6.30. The van der Waals surface area contributed by atoms with E-state index in [0.29, 0.717) is 6.61 Å². The van der Waals surface area contributed by atoms with Gasteiger partial charge in [-0.25, -0.2) is 0 Å². The second kappa shape index (κ2) is 9.18. The summed E-state index contributed by atoms with van der Waals surface area (Å²) in [6, 6.07) is 10.6. The lowest BCUT2D eigenvalue weighted by Gasteiger charge is -2.36. The van der Waals surface area contributed by atoms with Gasteiger partial charge in [0.25, 0.3) is 0 Å². The maximum atomic E-state index is 6.30. The van der Waals surface area contributed by atoms with Crippen LogP contribution < -0.4 is 0 Å². The van der Waals surface area contributed by atoms with E-state index in [1.54, 1.807) is 0 Å². The van der Waals surface area contributed by atoms with Crippen LogP contribution in [0.3, 0.4) is 0 Å². The Balaban J connectivity index is 1.80. The normalized spacial score (nSPS) is 16.6. The molecule has 0 heterocycles. The topological polar surface area (TPSA) is 9.23 Å². The predicted molar refractivity (Wildman–Crippen MR) is 97.0 cm³/mol. The Kier molecular flexibility index (Phi) is 7.22. The molecule has 1 aromatic rings. The SMILES string of the molecule is C=C(CCc1ccccc1)COC1(CC#CBr)CCCCC1. The molecule has 118 valence electrons. The summed E-state index contributed by atoms with van der Waals surface area (Å²) in [5, 5.41) is 0. The number of aryl methyl sites for hydroxylation is 1. The van der Waals surface area contributed by atoms with Crippen molar-refractivity contribution in [2.75, 3.05) is 6.61 Å². The van der Waals surface area contributed by atoms with E-state index >= 15 is 0 Å². The summed E-state index contributed by atoms with van der Waals surface area (Å²) in [5.74, 6) is 3.15. The van der Waals surface area contributed by atoms with Gasteiger partial charge in [-0.2, -0.15) is 0 Å². The average Bonchev–Trinajstić information content (AvgIpc) is 2.58. The standard InChI is InChI=1S/C20H25BrO/c1-18(11-12-19-9-4-2-5-10-19)17-22-20(15-8-16-21)13-6-3-7-14-20/h2,4-5,9-10H,1,3,6-7,11-15,17H2. The second-order valence-corrected chi connectivity index (χ2v) is 6.61. The molecule has 0 aliphatic heterocycles. The van der Waals surface area contributed by atoms with Crippen LogP contribution in [0, 0.1) is 10.8 Å². The summed E-state index contributed by atoms with van der Waals surface area (Å²) in [6.07, 6.45) is 8.93. The van der Waals surface area contributed by atoms with Crippen LogP contribution in [0.25, 0.3) is 0 Å². The molecule has 0 bridgehead atoms. The van der Waals surface area contributed by atoms with Gasteiger partial charge in [-0.15, -0.1) is 0 Å². The Morgan fingerprint density at radius 3 is 2.59 bits per heavy atom. The highest BCUT2D eigenvalue weighted by Crippen LogP contribution is 2.34. The zero-order valence-electron chi connectivity index (χ0n) is 13.2. The predicted octanol–water partition coefficient (Wildman–Crippen LogP) is 5.64. The Hall–Kier alpha value is -1.04. The van der Waals surface area contributed by atoms with Crippen LogP contribution in [0.5, 0.6) is 0 Å². The van der Waals surface area contributed by atoms with E-state index in [9.17, 15) is 0 Å². The van der Waals surface area contributed by atoms with Crippen molar-refractivity contribution in [2.45, 2.75) is 57.0 Å². The van der Waals surface area contributed by atoms with Crippen molar-refractivity contribution in [2.24, 2.45) is 0 Å². The minimum atomic E-state index is -0.0469. The molecule has 0 aromatic heterocycles. The molecule has 1 nitrogen and oxygen atoms in total. The summed E-state index contributed by atoms with van der Waals surface area (Å²) in [4.78, 5) is 2.83. The lowest BCUT2D eigenvalue weighted by molar-refractivity contribution is -0.0567. The molecule has 0 spiro atoms. The van der Waals surface area contributed by atoms with Crippen molar-refractivity contribution in [1.82, 2.24) is 0 Å². The van der Waals surface area contributed by atoms with Crippen LogP contribution in [0.2, 0.25) is 0 Å².